The van der Waals surface area contributed by atoms with Crippen LogP contribution in [0.1, 0.15) is 44.9 Å². The Hall–Kier alpha value is -0.0800. The Morgan fingerprint density at radius 3 is 2.47 bits per heavy atom. The summed E-state index contributed by atoms with van der Waals surface area (Å²) >= 11 is 0. The molecule has 0 aromatic rings. The normalized spacial score (nSPS) is 34.2. The van der Waals surface area contributed by atoms with Crippen LogP contribution in [0.2, 0.25) is 0 Å². The van der Waals surface area contributed by atoms with E-state index >= 15 is 0 Å². The summed E-state index contributed by atoms with van der Waals surface area (Å²) in [5.74, 6) is 0.918. The Labute approximate surface area is 94.4 Å². The third-order valence-electron chi connectivity index (χ3n) is 4.19. The van der Waals surface area contributed by atoms with Gasteiger partial charge in [0.25, 0.3) is 0 Å². The zero-order valence-electron chi connectivity index (χ0n) is 10.2. The summed E-state index contributed by atoms with van der Waals surface area (Å²) in [6, 6.07) is 0.895. The van der Waals surface area contributed by atoms with Gasteiger partial charge in [0.2, 0.25) is 0 Å². The first-order valence-electron chi connectivity index (χ1n) is 6.80. The van der Waals surface area contributed by atoms with Gasteiger partial charge < -0.3 is 10.2 Å². The third-order valence-corrected chi connectivity index (χ3v) is 4.19. The summed E-state index contributed by atoms with van der Waals surface area (Å²) in [7, 11) is 2.10. The molecule has 0 spiro atoms. The van der Waals surface area contributed by atoms with Gasteiger partial charge in [-0.15, -0.1) is 0 Å². The molecule has 2 unspecified atom stereocenters. The van der Waals surface area contributed by atoms with E-state index in [1.165, 1.54) is 64.6 Å². The number of hydrogen-bond donors (Lipinski definition) is 1. The van der Waals surface area contributed by atoms with E-state index in [-0.39, 0.29) is 0 Å². The Bertz CT molecular complexity index is 163. The van der Waals surface area contributed by atoms with Crippen LogP contribution in [0.4, 0.5) is 0 Å². The van der Waals surface area contributed by atoms with Crippen molar-refractivity contribution in [2.75, 3.05) is 26.7 Å². The van der Waals surface area contributed by atoms with Crippen molar-refractivity contribution in [3.05, 3.63) is 0 Å². The van der Waals surface area contributed by atoms with Crippen molar-refractivity contribution in [1.29, 1.82) is 0 Å². The quantitative estimate of drug-likeness (QED) is 0.768. The minimum Gasteiger partial charge on any atom is -0.319 e. The lowest BCUT2D eigenvalue weighted by Crippen LogP contribution is -2.47. The van der Waals surface area contributed by atoms with Gasteiger partial charge in [0.05, 0.1) is 0 Å². The maximum Gasteiger partial charge on any atom is 0.0136 e. The van der Waals surface area contributed by atoms with Crippen LogP contribution < -0.4 is 5.32 Å². The Balaban J connectivity index is 1.90. The molecule has 2 rings (SSSR count). The van der Waals surface area contributed by atoms with Crippen LogP contribution in [0.5, 0.6) is 0 Å². The number of rotatable bonds is 3. The number of nitrogens with zero attached hydrogens (tertiary/aromatic N) is 1. The van der Waals surface area contributed by atoms with Gasteiger partial charge in [-0.05, 0) is 58.3 Å². The van der Waals surface area contributed by atoms with Crippen molar-refractivity contribution in [2.45, 2.75) is 51.0 Å². The number of nitrogens with one attached hydrogen (secondary N) is 1. The molecule has 15 heavy (non-hydrogen) atoms. The van der Waals surface area contributed by atoms with E-state index in [0.29, 0.717) is 0 Å². The largest absolute Gasteiger partial charge is 0.319 e. The zero-order chi connectivity index (χ0) is 10.5. The molecule has 1 aliphatic heterocycles. The summed E-state index contributed by atoms with van der Waals surface area (Å²) in [5, 5.41) is 3.38. The molecule has 1 saturated heterocycles. The van der Waals surface area contributed by atoms with Crippen LogP contribution in [-0.4, -0.2) is 37.6 Å². The highest BCUT2D eigenvalue weighted by Crippen LogP contribution is 2.29. The van der Waals surface area contributed by atoms with Crippen molar-refractivity contribution in [3.8, 4) is 0 Å². The van der Waals surface area contributed by atoms with Crippen LogP contribution in [0.15, 0.2) is 0 Å². The molecule has 0 aromatic heterocycles. The Morgan fingerprint density at radius 2 is 1.73 bits per heavy atom. The van der Waals surface area contributed by atoms with Crippen molar-refractivity contribution >= 4 is 0 Å². The van der Waals surface area contributed by atoms with Crippen molar-refractivity contribution in [1.82, 2.24) is 10.2 Å². The highest BCUT2D eigenvalue weighted by molar-refractivity contribution is 4.85. The summed E-state index contributed by atoms with van der Waals surface area (Å²) in [6.45, 7) is 3.96. The van der Waals surface area contributed by atoms with E-state index in [9.17, 15) is 0 Å². The second kappa shape index (κ2) is 5.86. The average Bonchev–Trinajstić information content (AvgIpc) is 2.31. The molecule has 2 atom stereocenters. The monoisotopic (exact) mass is 210 g/mol. The number of hydrogen-bond acceptors (Lipinski definition) is 2. The number of piperidine rings is 1. The van der Waals surface area contributed by atoms with Crippen molar-refractivity contribution < 1.29 is 0 Å². The molecule has 2 fully saturated rings. The highest BCUT2D eigenvalue weighted by atomic mass is 15.2. The molecule has 0 aromatic carbocycles. The molecule has 0 amide bonds. The minimum absolute atomic E-state index is 0.895. The van der Waals surface area contributed by atoms with Crippen LogP contribution in [0.3, 0.4) is 0 Å². The minimum atomic E-state index is 0.895. The van der Waals surface area contributed by atoms with Gasteiger partial charge in [-0.2, -0.15) is 0 Å². The smallest absolute Gasteiger partial charge is 0.0136 e. The second-order valence-electron chi connectivity index (χ2n) is 5.27. The molecule has 1 aliphatic carbocycles. The molecule has 88 valence electrons. The molecule has 0 bridgehead atoms. The fourth-order valence-electron chi connectivity index (χ4n) is 3.42. The van der Waals surface area contributed by atoms with Gasteiger partial charge in [0, 0.05) is 6.04 Å². The van der Waals surface area contributed by atoms with Crippen molar-refractivity contribution in [2.24, 2.45) is 5.92 Å². The SMILES string of the molecule is CNCC1CCCCC1N1CCCCC1. The Morgan fingerprint density at radius 1 is 1.00 bits per heavy atom. The lowest BCUT2D eigenvalue weighted by Gasteiger charge is -2.41. The fourth-order valence-corrected chi connectivity index (χ4v) is 3.42. The van der Waals surface area contributed by atoms with E-state index in [4.69, 9.17) is 0 Å². The summed E-state index contributed by atoms with van der Waals surface area (Å²) in [6.07, 6.45) is 10.1. The second-order valence-corrected chi connectivity index (χ2v) is 5.27. The molecule has 1 N–H and O–H groups in total. The molecule has 2 nitrogen and oxygen atoms in total. The van der Waals surface area contributed by atoms with E-state index in [1.54, 1.807) is 0 Å². The lowest BCUT2D eigenvalue weighted by molar-refractivity contribution is 0.0850. The van der Waals surface area contributed by atoms with Gasteiger partial charge in [0.1, 0.15) is 0 Å². The van der Waals surface area contributed by atoms with Crippen LogP contribution in [0.25, 0.3) is 0 Å². The molecule has 1 heterocycles. The zero-order valence-corrected chi connectivity index (χ0v) is 10.2. The topological polar surface area (TPSA) is 15.3 Å². The fraction of sp³-hybridized carbons (Fsp3) is 1.00. The lowest BCUT2D eigenvalue weighted by atomic mass is 9.82. The molecule has 2 aliphatic rings. The van der Waals surface area contributed by atoms with E-state index < -0.39 is 0 Å². The van der Waals surface area contributed by atoms with E-state index in [0.717, 1.165) is 12.0 Å². The van der Waals surface area contributed by atoms with Gasteiger partial charge in [-0.25, -0.2) is 0 Å². The summed E-state index contributed by atoms with van der Waals surface area (Å²) in [4.78, 5) is 2.78. The molecular formula is C13H26N2. The standard InChI is InChI=1S/C13H26N2/c1-14-11-12-7-3-4-8-13(12)15-9-5-2-6-10-15/h12-14H,2-11H2,1H3. The van der Waals surface area contributed by atoms with Gasteiger partial charge in [-0.1, -0.05) is 19.3 Å². The molecule has 2 heteroatoms. The maximum absolute atomic E-state index is 3.38. The van der Waals surface area contributed by atoms with Gasteiger partial charge in [0.15, 0.2) is 0 Å². The molecule has 1 saturated carbocycles. The first-order valence-corrected chi connectivity index (χ1v) is 6.80. The van der Waals surface area contributed by atoms with Gasteiger partial charge in [-0.3, -0.25) is 0 Å². The van der Waals surface area contributed by atoms with Crippen molar-refractivity contribution in [3.63, 3.8) is 0 Å². The maximum atomic E-state index is 3.38. The average molecular weight is 210 g/mol. The van der Waals surface area contributed by atoms with E-state index in [1.807, 2.05) is 0 Å². The predicted molar refractivity (Wildman–Crippen MR) is 65.1 cm³/mol. The first-order chi connectivity index (χ1) is 7.42. The molecular weight excluding hydrogens is 184 g/mol. The first kappa shape index (κ1) is 11.4. The van der Waals surface area contributed by atoms with Crippen LogP contribution in [-0.2, 0) is 0 Å². The molecule has 0 radical (unpaired) electrons. The number of likely N-dealkylation sites (tertiary alicyclic amines) is 1. The Kier molecular flexibility index (Phi) is 4.45. The van der Waals surface area contributed by atoms with Crippen LogP contribution >= 0.6 is 0 Å². The van der Waals surface area contributed by atoms with Crippen LogP contribution in [0, 0.1) is 5.92 Å². The predicted octanol–water partition coefficient (Wildman–Crippen LogP) is 2.25. The summed E-state index contributed by atoms with van der Waals surface area (Å²) < 4.78 is 0. The van der Waals surface area contributed by atoms with Gasteiger partial charge >= 0.3 is 0 Å². The third kappa shape index (κ3) is 2.94. The van der Waals surface area contributed by atoms with E-state index in [2.05, 4.69) is 17.3 Å². The summed E-state index contributed by atoms with van der Waals surface area (Å²) in [5.41, 5.74) is 0. The highest BCUT2D eigenvalue weighted by Gasteiger charge is 2.29.